The van der Waals surface area contributed by atoms with Crippen LogP contribution in [0, 0.1) is 0 Å². The minimum Gasteiger partial charge on any atom is -0.303 e. The summed E-state index contributed by atoms with van der Waals surface area (Å²) in [7, 11) is 0. The third-order valence-corrected chi connectivity index (χ3v) is 4.19. The fraction of sp³-hybridized carbons (Fsp3) is 0.130. The minimum absolute atomic E-state index is 0.163. The fourth-order valence-electron chi connectivity index (χ4n) is 2.84. The van der Waals surface area contributed by atoms with Crippen molar-refractivity contribution < 1.29 is 0 Å². The van der Waals surface area contributed by atoms with Gasteiger partial charge in [0.2, 0.25) is 0 Å². The van der Waals surface area contributed by atoms with Gasteiger partial charge < -0.3 is 5.32 Å². The lowest BCUT2D eigenvalue weighted by Crippen LogP contribution is -2.18. The van der Waals surface area contributed by atoms with E-state index in [1.807, 2.05) is 12.1 Å². The lowest BCUT2D eigenvalue weighted by molar-refractivity contribution is 0.622. The van der Waals surface area contributed by atoms with Crippen LogP contribution in [0.2, 0.25) is 0 Å². The standard InChI is InChI=1S/C23H23N/c1-2-23(24-18-21-11-7-4-8-12-21)22-15-13-20(14-16-22)17-19-9-5-3-6-10-19/h2-16,23-24H,1,17-18H2. The highest BCUT2D eigenvalue weighted by atomic mass is 14.9. The molecule has 0 fully saturated rings. The maximum Gasteiger partial charge on any atom is 0.0506 e. The smallest absolute Gasteiger partial charge is 0.0506 e. The molecule has 120 valence electrons. The number of nitrogens with one attached hydrogen (secondary N) is 1. The van der Waals surface area contributed by atoms with Crippen molar-refractivity contribution in [1.29, 1.82) is 0 Å². The average Bonchev–Trinajstić information content (AvgIpc) is 2.65. The van der Waals surface area contributed by atoms with Crippen LogP contribution < -0.4 is 5.32 Å². The topological polar surface area (TPSA) is 12.0 Å². The summed E-state index contributed by atoms with van der Waals surface area (Å²) >= 11 is 0. The van der Waals surface area contributed by atoms with Gasteiger partial charge in [0.1, 0.15) is 0 Å². The Morgan fingerprint density at radius 2 is 1.25 bits per heavy atom. The van der Waals surface area contributed by atoms with E-state index in [4.69, 9.17) is 0 Å². The van der Waals surface area contributed by atoms with E-state index >= 15 is 0 Å². The molecule has 0 heterocycles. The summed E-state index contributed by atoms with van der Waals surface area (Å²) < 4.78 is 0. The third kappa shape index (κ3) is 4.43. The molecular formula is C23H23N. The molecule has 0 aliphatic heterocycles. The van der Waals surface area contributed by atoms with E-state index in [9.17, 15) is 0 Å². The predicted octanol–water partition coefficient (Wildman–Crippen LogP) is 5.29. The van der Waals surface area contributed by atoms with Gasteiger partial charge in [-0.15, -0.1) is 6.58 Å². The largest absolute Gasteiger partial charge is 0.303 e. The first-order valence-electron chi connectivity index (χ1n) is 8.38. The molecule has 0 amide bonds. The van der Waals surface area contributed by atoms with Crippen molar-refractivity contribution >= 4 is 0 Å². The second kappa shape index (κ2) is 8.28. The second-order valence-electron chi connectivity index (χ2n) is 5.98. The van der Waals surface area contributed by atoms with Crippen LogP contribution in [-0.2, 0) is 13.0 Å². The van der Waals surface area contributed by atoms with Crippen molar-refractivity contribution in [3.63, 3.8) is 0 Å². The lowest BCUT2D eigenvalue weighted by Gasteiger charge is -2.16. The van der Waals surface area contributed by atoms with Crippen LogP contribution in [-0.4, -0.2) is 0 Å². The number of hydrogen-bond acceptors (Lipinski definition) is 1. The molecule has 0 radical (unpaired) electrons. The van der Waals surface area contributed by atoms with Gasteiger partial charge in [-0.25, -0.2) is 0 Å². The summed E-state index contributed by atoms with van der Waals surface area (Å²) in [5, 5.41) is 3.55. The Bertz CT molecular complexity index is 745. The maximum atomic E-state index is 3.98. The molecule has 3 aromatic rings. The number of rotatable bonds is 7. The Balaban J connectivity index is 1.63. The van der Waals surface area contributed by atoms with Crippen LogP contribution in [0.25, 0.3) is 0 Å². The third-order valence-electron chi connectivity index (χ3n) is 4.19. The van der Waals surface area contributed by atoms with E-state index in [0.29, 0.717) is 0 Å². The summed E-state index contributed by atoms with van der Waals surface area (Å²) in [6.45, 7) is 4.81. The molecule has 1 atom stereocenters. The molecular weight excluding hydrogens is 290 g/mol. The number of benzene rings is 3. The van der Waals surface area contributed by atoms with Crippen molar-refractivity contribution in [2.75, 3.05) is 0 Å². The van der Waals surface area contributed by atoms with Crippen LogP contribution in [0.4, 0.5) is 0 Å². The molecule has 1 heteroatoms. The monoisotopic (exact) mass is 313 g/mol. The van der Waals surface area contributed by atoms with Crippen molar-refractivity contribution in [2.45, 2.75) is 19.0 Å². The zero-order valence-corrected chi connectivity index (χ0v) is 13.9. The molecule has 0 aliphatic carbocycles. The fourth-order valence-corrected chi connectivity index (χ4v) is 2.84. The Labute approximate surface area is 144 Å². The molecule has 0 saturated heterocycles. The highest BCUT2D eigenvalue weighted by Crippen LogP contribution is 2.17. The van der Waals surface area contributed by atoms with E-state index in [1.165, 1.54) is 22.3 Å². The van der Waals surface area contributed by atoms with Crippen molar-refractivity contribution in [3.05, 3.63) is 120 Å². The molecule has 0 aromatic heterocycles. The zero-order valence-electron chi connectivity index (χ0n) is 13.9. The van der Waals surface area contributed by atoms with Crippen LogP contribution >= 0.6 is 0 Å². The minimum atomic E-state index is 0.163. The second-order valence-corrected chi connectivity index (χ2v) is 5.98. The van der Waals surface area contributed by atoms with E-state index in [1.54, 1.807) is 0 Å². The summed E-state index contributed by atoms with van der Waals surface area (Å²) in [6, 6.07) is 30.0. The molecule has 3 rings (SSSR count). The molecule has 3 aromatic carbocycles. The van der Waals surface area contributed by atoms with Gasteiger partial charge in [0.25, 0.3) is 0 Å². The van der Waals surface area contributed by atoms with Crippen LogP contribution in [0.1, 0.15) is 28.3 Å². The highest BCUT2D eigenvalue weighted by molar-refractivity contribution is 5.31. The average molecular weight is 313 g/mol. The highest BCUT2D eigenvalue weighted by Gasteiger charge is 2.07. The normalized spacial score (nSPS) is 11.8. The van der Waals surface area contributed by atoms with Gasteiger partial charge in [-0.1, -0.05) is 91.0 Å². The lowest BCUT2D eigenvalue weighted by atomic mass is 10.0. The van der Waals surface area contributed by atoms with Gasteiger partial charge in [-0.3, -0.25) is 0 Å². The Hall–Kier alpha value is -2.64. The van der Waals surface area contributed by atoms with E-state index in [-0.39, 0.29) is 6.04 Å². The molecule has 0 aliphatic rings. The Morgan fingerprint density at radius 3 is 1.83 bits per heavy atom. The number of hydrogen-bond donors (Lipinski definition) is 1. The predicted molar refractivity (Wildman–Crippen MR) is 102 cm³/mol. The zero-order chi connectivity index (χ0) is 16.6. The van der Waals surface area contributed by atoms with Gasteiger partial charge in [0, 0.05) is 6.54 Å². The van der Waals surface area contributed by atoms with Crippen molar-refractivity contribution in [2.24, 2.45) is 0 Å². The molecule has 1 N–H and O–H groups in total. The SMILES string of the molecule is C=CC(NCc1ccccc1)c1ccc(Cc2ccccc2)cc1. The molecule has 1 unspecified atom stereocenters. The maximum absolute atomic E-state index is 3.98. The van der Waals surface area contributed by atoms with E-state index < -0.39 is 0 Å². The summed E-state index contributed by atoms with van der Waals surface area (Å²) in [4.78, 5) is 0. The van der Waals surface area contributed by atoms with E-state index in [0.717, 1.165) is 13.0 Å². The van der Waals surface area contributed by atoms with Gasteiger partial charge >= 0.3 is 0 Å². The van der Waals surface area contributed by atoms with Gasteiger partial charge in [0.05, 0.1) is 6.04 Å². The Morgan fingerprint density at radius 1 is 0.708 bits per heavy atom. The van der Waals surface area contributed by atoms with Crippen LogP contribution in [0.15, 0.2) is 97.6 Å². The van der Waals surface area contributed by atoms with Crippen molar-refractivity contribution in [1.82, 2.24) is 5.32 Å². The molecule has 0 saturated carbocycles. The van der Waals surface area contributed by atoms with Gasteiger partial charge in [0.15, 0.2) is 0 Å². The molecule has 24 heavy (non-hydrogen) atoms. The first-order chi connectivity index (χ1) is 11.8. The quantitative estimate of drug-likeness (QED) is 0.584. The van der Waals surface area contributed by atoms with Gasteiger partial charge in [-0.05, 0) is 28.7 Å². The van der Waals surface area contributed by atoms with Gasteiger partial charge in [-0.2, -0.15) is 0 Å². The summed E-state index contributed by atoms with van der Waals surface area (Å²) in [5.74, 6) is 0. The molecule has 0 spiro atoms. The first-order valence-corrected chi connectivity index (χ1v) is 8.38. The first kappa shape index (κ1) is 16.2. The Kier molecular flexibility index (Phi) is 5.60. The van der Waals surface area contributed by atoms with Crippen molar-refractivity contribution in [3.8, 4) is 0 Å². The summed E-state index contributed by atoms with van der Waals surface area (Å²) in [6.07, 6.45) is 2.94. The molecule has 0 bridgehead atoms. The van der Waals surface area contributed by atoms with Crippen LogP contribution in [0.5, 0.6) is 0 Å². The molecule has 1 nitrogen and oxygen atoms in total. The summed E-state index contributed by atoms with van der Waals surface area (Å²) in [5.41, 5.74) is 5.20. The van der Waals surface area contributed by atoms with Crippen LogP contribution in [0.3, 0.4) is 0 Å². The van der Waals surface area contributed by atoms with E-state index in [2.05, 4.69) is 90.8 Å².